The molecule has 0 amide bonds. The number of nitrogens with zero attached hydrogens (tertiary/aromatic N) is 1. The van der Waals surface area contributed by atoms with Gasteiger partial charge >= 0.3 is 0 Å². The summed E-state index contributed by atoms with van der Waals surface area (Å²) in [6.45, 7) is 11.8. The second-order valence-electron chi connectivity index (χ2n) is 5.67. The molecule has 0 spiro atoms. The van der Waals surface area contributed by atoms with Crippen LogP contribution in [0.5, 0.6) is 0 Å². The first-order valence-electron chi connectivity index (χ1n) is 4.72. The van der Waals surface area contributed by atoms with Gasteiger partial charge in [-0.1, -0.05) is 29.5 Å². The molecule has 1 aliphatic rings. The molecule has 1 heterocycles. The number of halogens is 2. The first kappa shape index (κ1) is 12.5. The van der Waals surface area contributed by atoms with Gasteiger partial charge in [0.2, 0.25) is 0 Å². The van der Waals surface area contributed by atoms with Crippen LogP contribution in [0.1, 0.15) is 47.5 Å². The molecule has 0 aliphatic carbocycles. The molecule has 0 N–H and O–H groups in total. The zero-order valence-corrected chi connectivity index (χ0v) is 13.4. The largest absolute Gasteiger partial charge is 0.236 e. The summed E-state index contributed by atoms with van der Waals surface area (Å²) in [6, 6.07) is 0. The van der Waals surface area contributed by atoms with E-state index >= 15 is 0 Å². The lowest BCUT2D eigenvalue weighted by Gasteiger charge is -2.54. The Kier molecular flexibility index (Phi) is 3.34. The van der Waals surface area contributed by atoms with E-state index in [4.69, 9.17) is 0 Å². The van der Waals surface area contributed by atoms with E-state index in [-0.39, 0.29) is 0 Å². The van der Waals surface area contributed by atoms with Crippen LogP contribution in [0.4, 0.5) is 0 Å². The van der Waals surface area contributed by atoms with E-state index in [2.05, 4.69) is 83.2 Å². The maximum absolute atomic E-state index is 2.62. The van der Waals surface area contributed by atoms with Crippen molar-refractivity contribution in [3.8, 4) is 0 Å². The van der Waals surface area contributed by atoms with E-state index < -0.39 is 0 Å². The Hall–Kier alpha value is 1.42. The number of hydrogen-bond acceptors (Lipinski definition) is 1. The molecule has 0 aromatic heterocycles. The highest BCUT2D eigenvalue weighted by atomic mass is 127. The highest BCUT2D eigenvalue weighted by Crippen LogP contribution is 2.49. The molecule has 0 bridgehead atoms. The maximum Gasteiger partial charge on any atom is 0.0267 e. The van der Waals surface area contributed by atoms with Crippen molar-refractivity contribution >= 4 is 45.5 Å². The van der Waals surface area contributed by atoms with Gasteiger partial charge in [0.15, 0.2) is 0 Å². The Morgan fingerprint density at radius 3 is 1.54 bits per heavy atom. The molecule has 0 radical (unpaired) electrons. The Labute approximate surface area is 110 Å². The third kappa shape index (κ3) is 2.71. The minimum Gasteiger partial charge on any atom is -0.236 e. The Balaban J connectivity index is 2.96. The average molecular weight is 407 g/mol. The molecule has 0 saturated carbocycles. The third-order valence-corrected chi connectivity index (χ3v) is 6.04. The summed E-state index contributed by atoms with van der Waals surface area (Å²) in [5, 5.41) is 0. The fourth-order valence-electron chi connectivity index (χ4n) is 2.82. The van der Waals surface area contributed by atoms with E-state index in [1.807, 2.05) is 0 Å². The predicted octanol–water partition coefficient (Wildman–Crippen LogP) is 4.18. The average Bonchev–Trinajstić information content (AvgIpc) is 1.77. The molecule has 0 atom stereocenters. The smallest absolute Gasteiger partial charge is 0.0267 e. The Morgan fingerprint density at radius 2 is 1.23 bits per heavy atom. The Bertz CT molecular complexity index is 189. The van der Waals surface area contributed by atoms with Crippen molar-refractivity contribution in [3.05, 3.63) is 0 Å². The molecule has 0 aromatic carbocycles. The summed E-state index contributed by atoms with van der Waals surface area (Å²) in [5.74, 6) is 0. The standard InChI is InChI=1S/C10H19I2N/c1-8(2)6-10(5,11)7-9(3,4)13(8)12/h6-7H2,1-5H3. The van der Waals surface area contributed by atoms with Gasteiger partial charge in [-0.05, 0) is 40.5 Å². The molecular formula is C10H19I2N. The third-order valence-electron chi connectivity index (χ3n) is 2.67. The Morgan fingerprint density at radius 1 is 0.923 bits per heavy atom. The van der Waals surface area contributed by atoms with Crippen molar-refractivity contribution in [2.75, 3.05) is 0 Å². The van der Waals surface area contributed by atoms with Crippen molar-refractivity contribution in [2.24, 2.45) is 0 Å². The molecule has 3 heteroatoms. The maximum atomic E-state index is 2.62. The highest BCUT2D eigenvalue weighted by Gasteiger charge is 2.48. The topological polar surface area (TPSA) is 3.24 Å². The van der Waals surface area contributed by atoms with Gasteiger partial charge in [0, 0.05) is 37.4 Å². The summed E-state index contributed by atoms with van der Waals surface area (Å²) in [5.41, 5.74) is 0.635. The zero-order chi connectivity index (χ0) is 10.5. The van der Waals surface area contributed by atoms with Gasteiger partial charge in [0.25, 0.3) is 0 Å². The van der Waals surface area contributed by atoms with Crippen LogP contribution in [-0.4, -0.2) is 17.6 Å². The van der Waals surface area contributed by atoms with Gasteiger partial charge in [0.1, 0.15) is 0 Å². The van der Waals surface area contributed by atoms with Crippen LogP contribution >= 0.6 is 45.5 Å². The van der Waals surface area contributed by atoms with E-state index in [0.717, 1.165) is 0 Å². The first-order valence-corrected chi connectivity index (χ1v) is 6.76. The highest BCUT2D eigenvalue weighted by molar-refractivity contribution is 14.1. The summed E-state index contributed by atoms with van der Waals surface area (Å²) < 4.78 is 2.95. The summed E-state index contributed by atoms with van der Waals surface area (Å²) in [6.07, 6.45) is 2.54. The normalized spacial score (nSPS) is 31.6. The van der Waals surface area contributed by atoms with E-state index in [1.165, 1.54) is 12.8 Å². The SMILES string of the molecule is CC1(I)CC(C)(C)N(I)C(C)(C)C1. The molecule has 0 unspecified atom stereocenters. The van der Waals surface area contributed by atoms with Crippen LogP contribution < -0.4 is 0 Å². The minimum atomic E-state index is 0.318. The van der Waals surface area contributed by atoms with Crippen LogP contribution in [0.2, 0.25) is 0 Å². The lowest BCUT2D eigenvalue weighted by molar-refractivity contribution is 0.0721. The van der Waals surface area contributed by atoms with Crippen molar-refractivity contribution in [3.63, 3.8) is 0 Å². The van der Waals surface area contributed by atoms with Crippen LogP contribution in [0.15, 0.2) is 0 Å². The van der Waals surface area contributed by atoms with Crippen LogP contribution in [0.25, 0.3) is 0 Å². The molecule has 13 heavy (non-hydrogen) atoms. The molecule has 78 valence electrons. The van der Waals surface area contributed by atoms with Crippen molar-refractivity contribution < 1.29 is 0 Å². The molecular weight excluding hydrogens is 388 g/mol. The lowest BCUT2D eigenvalue weighted by Crippen LogP contribution is -2.58. The second kappa shape index (κ2) is 3.47. The van der Waals surface area contributed by atoms with Gasteiger partial charge in [-0.3, -0.25) is 0 Å². The van der Waals surface area contributed by atoms with Gasteiger partial charge in [-0.2, -0.15) is 0 Å². The van der Waals surface area contributed by atoms with Crippen molar-refractivity contribution in [1.82, 2.24) is 3.11 Å². The molecule has 1 fully saturated rings. The fraction of sp³-hybridized carbons (Fsp3) is 1.00. The second-order valence-corrected chi connectivity index (χ2v) is 9.24. The summed E-state index contributed by atoms with van der Waals surface area (Å²) >= 11 is 5.11. The summed E-state index contributed by atoms with van der Waals surface area (Å²) in [4.78, 5) is 0. The number of piperidine rings is 1. The van der Waals surface area contributed by atoms with Crippen LogP contribution in [0, 0.1) is 0 Å². The first-order chi connectivity index (χ1) is 5.57. The van der Waals surface area contributed by atoms with E-state index in [9.17, 15) is 0 Å². The van der Waals surface area contributed by atoms with Crippen LogP contribution in [-0.2, 0) is 0 Å². The molecule has 1 saturated heterocycles. The minimum absolute atomic E-state index is 0.318. The van der Waals surface area contributed by atoms with Gasteiger partial charge < -0.3 is 0 Å². The fourth-order valence-corrected chi connectivity index (χ4v) is 5.03. The molecule has 0 aromatic rings. The monoisotopic (exact) mass is 407 g/mol. The van der Waals surface area contributed by atoms with Gasteiger partial charge in [0.05, 0.1) is 0 Å². The number of alkyl halides is 1. The molecule has 1 aliphatic heterocycles. The molecule has 1 nitrogen and oxygen atoms in total. The van der Waals surface area contributed by atoms with Crippen molar-refractivity contribution in [2.45, 2.75) is 62.0 Å². The lowest BCUT2D eigenvalue weighted by atomic mass is 9.77. The zero-order valence-electron chi connectivity index (χ0n) is 9.12. The summed E-state index contributed by atoms with van der Waals surface area (Å²) in [7, 11) is 0. The van der Waals surface area contributed by atoms with Gasteiger partial charge in [-0.25, -0.2) is 3.11 Å². The van der Waals surface area contributed by atoms with Crippen LogP contribution in [0.3, 0.4) is 0 Å². The van der Waals surface area contributed by atoms with E-state index in [0.29, 0.717) is 14.5 Å². The van der Waals surface area contributed by atoms with Gasteiger partial charge in [-0.15, -0.1) is 0 Å². The predicted molar refractivity (Wildman–Crippen MR) is 75.7 cm³/mol. The number of hydrogen-bond donors (Lipinski definition) is 0. The number of rotatable bonds is 0. The van der Waals surface area contributed by atoms with E-state index in [1.54, 1.807) is 0 Å². The molecule has 1 rings (SSSR count). The van der Waals surface area contributed by atoms with Crippen molar-refractivity contribution in [1.29, 1.82) is 0 Å². The quantitative estimate of drug-likeness (QED) is 0.331.